The maximum Gasteiger partial charge on any atom is 0.304 e. The first-order chi connectivity index (χ1) is 10.5. The van der Waals surface area contributed by atoms with E-state index >= 15 is 0 Å². The molecule has 0 amide bonds. The lowest BCUT2D eigenvalue weighted by Crippen LogP contribution is -2.18. The first-order valence-corrected chi connectivity index (χ1v) is 6.96. The molecule has 6 nitrogen and oxygen atoms in total. The Bertz CT molecular complexity index is 893. The summed E-state index contributed by atoms with van der Waals surface area (Å²) in [6.45, 7) is 3.82. The van der Waals surface area contributed by atoms with Gasteiger partial charge in [0.05, 0.1) is 21.3 Å². The lowest BCUT2D eigenvalue weighted by Gasteiger charge is -2.17. The van der Waals surface area contributed by atoms with Crippen molar-refractivity contribution in [3.05, 3.63) is 52.1 Å². The van der Waals surface area contributed by atoms with Gasteiger partial charge in [0, 0.05) is 11.9 Å². The molecule has 0 unspecified atom stereocenters. The van der Waals surface area contributed by atoms with Gasteiger partial charge in [0.2, 0.25) is 0 Å². The summed E-state index contributed by atoms with van der Waals surface area (Å²) in [6.07, 6.45) is 0. The summed E-state index contributed by atoms with van der Waals surface area (Å²) in [5.74, 6) is 0. The Morgan fingerprint density at radius 1 is 1.32 bits per heavy atom. The largest absolute Gasteiger partial charge is 0.304 e. The topological polar surface area (TPSA) is 79.5 Å². The van der Waals surface area contributed by atoms with Gasteiger partial charge >= 0.3 is 5.69 Å². The Morgan fingerprint density at radius 2 is 2.05 bits per heavy atom. The molecule has 0 aliphatic carbocycles. The molecule has 0 fully saturated rings. The number of hydrogen-bond acceptors (Lipinski definition) is 5. The van der Waals surface area contributed by atoms with E-state index in [0.717, 1.165) is 21.5 Å². The van der Waals surface area contributed by atoms with Gasteiger partial charge in [-0.1, -0.05) is 18.2 Å². The molecule has 0 atom stereocenters. The van der Waals surface area contributed by atoms with E-state index in [2.05, 4.69) is 4.98 Å². The molecule has 3 rings (SSSR count). The molecule has 1 N–H and O–H groups in total. The maximum absolute atomic E-state index is 11.5. The van der Waals surface area contributed by atoms with E-state index in [1.807, 2.05) is 31.2 Å². The highest BCUT2D eigenvalue weighted by molar-refractivity contribution is 6.02. The molecule has 0 spiro atoms. The molecule has 6 heteroatoms. The minimum atomic E-state index is -0.466. The summed E-state index contributed by atoms with van der Waals surface area (Å²) in [5.41, 5.74) is 2.22. The number of fused-ring (bicyclic) bond motifs is 2. The van der Waals surface area contributed by atoms with E-state index in [9.17, 15) is 15.3 Å². The second kappa shape index (κ2) is 5.23. The van der Waals surface area contributed by atoms with E-state index < -0.39 is 4.92 Å². The molecule has 0 saturated carbocycles. The molecule has 2 aromatic carbocycles. The van der Waals surface area contributed by atoms with E-state index in [1.165, 1.54) is 0 Å². The average molecular weight is 297 g/mol. The normalized spacial score (nSPS) is 11.0. The van der Waals surface area contributed by atoms with Crippen molar-refractivity contribution >= 4 is 33.2 Å². The predicted molar refractivity (Wildman–Crippen MR) is 85.4 cm³/mol. The first kappa shape index (κ1) is 14.2. The molecule has 0 radical (unpaired) electrons. The highest BCUT2D eigenvalue weighted by Gasteiger charge is 2.24. The quantitative estimate of drug-likeness (QED) is 0.451. The molecule has 0 aliphatic heterocycles. The summed E-state index contributed by atoms with van der Waals surface area (Å²) < 4.78 is 0. The second-order valence-corrected chi connectivity index (χ2v) is 5.11. The zero-order valence-electron chi connectivity index (χ0n) is 12.3. The fourth-order valence-electron chi connectivity index (χ4n) is 2.64. The van der Waals surface area contributed by atoms with Crippen molar-refractivity contribution in [2.75, 3.05) is 11.6 Å². The number of nitro benzene ring substituents is 1. The van der Waals surface area contributed by atoms with Gasteiger partial charge < -0.3 is 0 Å². The van der Waals surface area contributed by atoms with Crippen molar-refractivity contribution in [1.29, 1.82) is 0 Å². The van der Waals surface area contributed by atoms with Crippen LogP contribution in [0.25, 0.3) is 21.8 Å². The zero-order chi connectivity index (χ0) is 15.9. The lowest BCUT2D eigenvalue weighted by atomic mass is 10.0. The number of hydrogen-bond donors (Lipinski definition) is 1. The van der Waals surface area contributed by atoms with Crippen LogP contribution in [-0.2, 0) is 0 Å². The molecule has 1 heterocycles. The summed E-state index contributed by atoms with van der Waals surface area (Å²) in [6, 6.07) is 10.8. The average Bonchev–Trinajstić information content (AvgIpc) is 2.52. The molecular formula is C16H15N3O3. The fourth-order valence-corrected chi connectivity index (χ4v) is 2.64. The van der Waals surface area contributed by atoms with Crippen molar-refractivity contribution in [1.82, 2.24) is 4.98 Å². The predicted octanol–water partition coefficient (Wildman–Crippen LogP) is 3.82. The number of nitrogens with zero attached hydrogens (tertiary/aromatic N) is 3. The Labute approximate surface area is 126 Å². The van der Waals surface area contributed by atoms with Gasteiger partial charge in [-0.3, -0.25) is 20.4 Å². The summed E-state index contributed by atoms with van der Waals surface area (Å²) >= 11 is 0. The van der Waals surface area contributed by atoms with E-state index in [1.54, 1.807) is 19.1 Å². The number of rotatable bonds is 3. The van der Waals surface area contributed by atoms with Crippen LogP contribution in [0, 0.1) is 17.0 Å². The first-order valence-electron chi connectivity index (χ1n) is 6.96. The molecule has 3 aromatic rings. The summed E-state index contributed by atoms with van der Waals surface area (Å²) in [7, 11) is 0. The van der Waals surface area contributed by atoms with E-state index in [4.69, 9.17) is 0 Å². The molecule has 0 aliphatic rings. The van der Waals surface area contributed by atoms with Gasteiger partial charge in [-0.05, 0) is 37.6 Å². The molecule has 0 bridgehead atoms. The Kier molecular flexibility index (Phi) is 3.38. The second-order valence-electron chi connectivity index (χ2n) is 5.11. The highest BCUT2D eigenvalue weighted by atomic mass is 16.6. The number of aryl methyl sites for hydroxylation is 1. The minimum Gasteiger partial charge on any atom is -0.288 e. The summed E-state index contributed by atoms with van der Waals surface area (Å²) in [5, 5.41) is 23.7. The monoisotopic (exact) mass is 297 g/mol. The standard InChI is InChI=1S/C16H15N3O3/c1-3-18(20)14-8-10(2)15-12(16(14)19(21)22)9-11-6-4-5-7-13(11)17-15/h4-9,20H,3H2,1-2H3. The van der Waals surface area contributed by atoms with Crippen molar-refractivity contribution in [2.24, 2.45) is 0 Å². The van der Waals surface area contributed by atoms with Crippen LogP contribution >= 0.6 is 0 Å². The van der Waals surface area contributed by atoms with Crippen LogP contribution in [-0.4, -0.2) is 21.7 Å². The fraction of sp³-hybridized carbons (Fsp3) is 0.188. The van der Waals surface area contributed by atoms with Crippen LogP contribution in [0.2, 0.25) is 0 Å². The van der Waals surface area contributed by atoms with Crippen molar-refractivity contribution in [3.8, 4) is 0 Å². The van der Waals surface area contributed by atoms with Crippen LogP contribution in [0.5, 0.6) is 0 Å². The van der Waals surface area contributed by atoms with Crippen LogP contribution < -0.4 is 5.06 Å². The molecular weight excluding hydrogens is 282 g/mol. The number of aromatic nitrogens is 1. The van der Waals surface area contributed by atoms with Crippen molar-refractivity contribution < 1.29 is 10.1 Å². The van der Waals surface area contributed by atoms with Crippen molar-refractivity contribution in [2.45, 2.75) is 13.8 Å². The van der Waals surface area contributed by atoms with Gasteiger partial charge in [-0.15, -0.1) is 0 Å². The number of para-hydroxylation sites is 1. The molecule has 112 valence electrons. The molecule has 1 aromatic heterocycles. The smallest absolute Gasteiger partial charge is 0.288 e. The third-order valence-corrected chi connectivity index (χ3v) is 3.71. The zero-order valence-corrected chi connectivity index (χ0v) is 12.3. The van der Waals surface area contributed by atoms with Gasteiger partial charge in [0.1, 0.15) is 5.69 Å². The maximum atomic E-state index is 11.5. The van der Waals surface area contributed by atoms with Crippen LogP contribution in [0.3, 0.4) is 0 Å². The van der Waals surface area contributed by atoms with E-state index in [0.29, 0.717) is 10.9 Å². The summed E-state index contributed by atoms with van der Waals surface area (Å²) in [4.78, 5) is 15.6. The van der Waals surface area contributed by atoms with Gasteiger partial charge in [0.15, 0.2) is 0 Å². The van der Waals surface area contributed by atoms with Crippen LogP contribution in [0.1, 0.15) is 12.5 Å². The Balaban J connectivity index is 2.48. The lowest BCUT2D eigenvalue weighted by molar-refractivity contribution is -0.382. The minimum absolute atomic E-state index is 0.122. The molecule has 22 heavy (non-hydrogen) atoms. The van der Waals surface area contributed by atoms with Crippen molar-refractivity contribution in [3.63, 3.8) is 0 Å². The van der Waals surface area contributed by atoms with E-state index in [-0.39, 0.29) is 17.9 Å². The number of nitro groups is 1. The van der Waals surface area contributed by atoms with Gasteiger partial charge in [0.25, 0.3) is 0 Å². The van der Waals surface area contributed by atoms with Crippen LogP contribution in [0.15, 0.2) is 36.4 Å². The number of hydroxylamine groups is 1. The third kappa shape index (κ3) is 2.14. The molecule has 0 saturated heterocycles. The highest BCUT2D eigenvalue weighted by Crippen LogP contribution is 2.38. The third-order valence-electron chi connectivity index (χ3n) is 3.71. The SMILES string of the molecule is CCN(O)c1cc(C)c2nc3ccccc3cc2c1[N+](=O)[O-]. The van der Waals surface area contributed by atoms with Crippen LogP contribution in [0.4, 0.5) is 11.4 Å². The Morgan fingerprint density at radius 3 is 2.73 bits per heavy atom. The number of pyridine rings is 1. The number of benzene rings is 2. The Hall–Kier alpha value is -2.73. The van der Waals surface area contributed by atoms with Gasteiger partial charge in [-0.25, -0.2) is 4.98 Å². The van der Waals surface area contributed by atoms with Gasteiger partial charge in [-0.2, -0.15) is 0 Å². The number of anilines is 1.